The zero-order valence-electron chi connectivity index (χ0n) is 13.9. The molecule has 5 heteroatoms. The van der Waals surface area contributed by atoms with Gasteiger partial charge in [0.2, 0.25) is 0 Å². The molecule has 4 nitrogen and oxygen atoms in total. The number of halogens is 1. The predicted molar refractivity (Wildman–Crippen MR) is 91.6 cm³/mol. The molecule has 0 N–H and O–H groups in total. The number of likely N-dealkylation sites (N-methyl/N-ethyl adjacent to an activating group) is 1. The largest absolute Gasteiger partial charge is 0.300 e. The van der Waals surface area contributed by atoms with Crippen LogP contribution in [0.3, 0.4) is 0 Å². The molecule has 1 atom stereocenters. The van der Waals surface area contributed by atoms with Crippen LogP contribution in [0.1, 0.15) is 45.5 Å². The van der Waals surface area contributed by atoms with E-state index in [1.54, 1.807) is 0 Å². The van der Waals surface area contributed by atoms with Crippen LogP contribution in [0, 0.1) is 0 Å². The SMILES string of the molecule is CCc1nn(CC)c(CN2CCC(N(CC)CC)C2)c1Br. The molecule has 0 aliphatic carbocycles. The number of aryl methyl sites for hydroxylation is 2. The molecule has 0 amide bonds. The van der Waals surface area contributed by atoms with Crippen LogP contribution in [0.25, 0.3) is 0 Å². The zero-order chi connectivity index (χ0) is 15.4. The second-order valence-corrected chi connectivity index (χ2v) is 6.57. The van der Waals surface area contributed by atoms with E-state index in [-0.39, 0.29) is 0 Å². The fourth-order valence-corrected chi connectivity index (χ4v) is 4.06. The minimum absolute atomic E-state index is 0.724. The lowest BCUT2D eigenvalue weighted by Gasteiger charge is -2.26. The monoisotopic (exact) mass is 356 g/mol. The van der Waals surface area contributed by atoms with Crippen molar-refractivity contribution in [3.8, 4) is 0 Å². The minimum Gasteiger partial charge on any atom is -0.300 e. The van der Waals surface area contributed by atoms with Crippen molar-refractivity contribution in [3.63, 3.8) is 0 Å². The first-order valence-corrected chi connectivity index (χ1v) is 9.14. The van der Waals surface area contributed by atoms with Crippen molar-refractivity contribution in [1.29, 1.82) is 0 Å². The third-order valence-corrected chi connectivity index (χ3v) is 5.56. The quantitative estimate of drug-likeness (QED) is 0.749. The maximum Gasteiger partial charge on any atom is 0.0767 e. The number of nitrogens with zero attached hydrogens (tertiary/aromatic N) is 4. The molecular weight excluding hydrogens is 328 g/mol. The minimum atomic E-state index is 0.724. The molecule has 1 saturated heterocycles. The summed E-state index contributed by atoms with van der Waals surface area (Å²) in [6.45, 7) is 15.5. The Labute approximate surface area is 137 Å². The smallest absolute Gasteiger partial charge is 0.0767 e. The Balaban J connectivity index is 2.05. The van der Waals surface area contributed by atoms with Crippen molar-refractivity contribution in [2.24, 2.45) is 0 Å². The van der Waals surface area contributed by atoms with E-state index in [1.807, 2.05) is 0 Å². The van der Waals surface area contributed by atoms with Crippen LogP contribution in [-0.4, -0.2) is 51.8 Å². The molecule has 1 fully saturated rings. The average molecular weight is 357 g/mol. The van der Waals surface area contributed by atoms with E-state index in [1.165, 1.54) is 35.4 Å². The average Bonchev–Trinajstić information content (AvgIpc) is 3.07. The lowest BCUT2D eigenvalue weighted by molar-refractivity contribution is 0.207. The maximum atomic E-state index is 4.71. The van der Waals surface area contributed by atoms with Gasteiger partial charge in [0.25, 0.3) is 0 Å². The van der Waals surface area contributed by atoms with Crippen LogP contribution in [0.2, 0.25) is 0 Å². The second-order valence-electron chi connectivity index (χ2n) is 5.78. The van der Waals surface area contributed by atoms with Gasteiger partial charge in [-0.3, -0.25) is 14.5 Å². The molecule has 0 radical (unpaired) electrons. The first kappa shape index (κ1) is 17.0. The van der Waals surface area contributed by atoms with Crippen LogP contribution < -0.4 is 0 Å². The van der Waals surface area contributed by atoms with Gasteiger partial charge in [-0.15, -0.1) is 0 Å². The summed E-state index contributed by atoms with van der Waals surface area (Å²) in [4.78, 5) is 5.17. The number of hydrogen-bond acceptors (Lipinski definition) is 3. The van der Waals surface area contributed by atoms with Gasteiger partial charge in [0.15, 0.2) is 0 Å². The van der Waals surface area contributed by atoms with Crippen molar-refractivity contribution in [3.05, 3.63) is 15.9 Å². The van der Waals surface area contributed by atoms with Gasteiger partial charge in [-0.25, -0.2) is 0 Å². The number of rotatable bonds is 7. The summed E-state index contributed by atoms with van der Waals surface area (Å²) in [6.07, 6.45) is 2.28. The fraction of sp³-hybridized carbons (Fsp3) is 0.812. The third kappa shape index (κ3) is 3.69. The third-order valence-electron chi connectivity index (χ3n) is 4.64. The molecule has 21 heavy (non-hydrogen) atoms. The normalized spacial score (nSPS) is 19.8. The first-order chi connectivity index (χ1) is 10.1. The van der Waals surface area contributed by atoms with Crippen molar-refractivity contribution < 1.29 is 0 Å². The molecule has 0 spiro atoms. The Morgan fingerprint density at radius 2 is 1.95 bits per heavy atom. The van der Waals surface area contributed by atoms with Gasteiger partial charge < -0.3 is 0 Å². The molecular formula is C16H29BrN4. The van der Waals surface area contributed by atoms with E-state index in [0.29, 0.717) is 0 Å². The Kier molecular flexibility index (Phi) is 6.26. The molecule has 0 aromatic carbocycles. The fourth-order valence-electron chi connectivity index (χ4n) is 3.37. The number of aromatic nitrogens is 2. The van der Waals surface area contributed by atoms with Crippen molar-refractivity contribution in [2.75, 3.05) is 26.2 Å². The summed E-state index contributed by atoms with van der Waals surface area (Å²) < 4.78 is 3.38. The number of likely N-dealkylation sites (tertiary alicyclic amines) is 1. The second kappa shape index (κ2) is 7.75. The standard InChI is InChI=1S/C16H29BrN4/c1-5-14-16(17)15(21(8-4)18-14)12-19-10-9-13(11-19)20(6-2)7-3/h13H,5-12H2,1-4H3. The van der Waals surface area contributed by atoms with E-state index in [0.717, 1.165) is 38.6 Å². The van der Waals surface area contributed by atoms with Crippen molar-refractivity contribution in [1.82, 2.24) is 19.6 Å². The summed E-state index contributed by atoms with van der Waals surface area (Å²) in [7, 11) is 0. The van der Waals surface area contributed by atoms with Gasteiger partial charge in [-0.05, 0) is 48.8 Å². The highest BCUT2D eigenvalue weighted by Crippen LogP contribution is 2.26. The van der Waals surface area contributed by atoms with E-state index >= 15 is 0 Å². The van der Waals surface area contributed by atoms with Crippen LogP contribution in [0.4, 0.5) is 0 Å². The molecule has 0 bridgehead atoms. The molecule has 120 valence electrons. The van der Waals surface area contributed by atoms with E-state index in [4.69, 9.17) is 5.10 Å². The highest BCUT2D eigenvalue weighted by atomic mass is 79.9. The van der Waals surface area contributed by atoms with Gasteiger partial charge in [-0.2, -0.15) is 5.10 Å². The summed E-state index contributed by atoms with van der Waals surface area (Å²) in [5.41, 5.74) is 2.53. The maximum absolute atomic E-state index is 4.71. The van der Waals surface area contributed by atoms with Crippen LogP contribution in [-0.2, 0) is 19.5 Å². The van der Waals surface area contributed by atoms with Gasteiger partial charge in [0.1, 0.15) is 0 Å². The van der Waals surface area contributed by atoms with Crippen LogP contribution >= 0.6 is 15.9 Å². The summed E-state index contributed by atoms with van der Waals surface area (Å²) in [5, 5.41) is 4.71. The highest BCUT2D eigenvalue weighted by Gasteiger charge is 2.27. The molecule has 1 unspecified atom stereocenters. The van der Waals surface area contributed by atoms with E-state index in [9.17, 15) is 0 Å². The predicted octanol–water partition coefficient (Wildman–Crippen LogP) is 3.14. The Hall–Kier alpha value is -0.390. The van der Waals surface area contributed by atoms with Gasteiger partial charge in [0.05, 0.1) is 15.9 Å². The molecule has 1 aliphatic rings. The van der Waals surface area contributed by atoms with Gasteiger partial charge in [0, 0.05) is 32.2 Å². The van der Waals surface area contributed by atoms with E-state index in [2.05, 4.69) is 58.1 Å². The highest BCUT2D eigenvalue weighted by molar-refractivity contribution is 9.10. The Morgan fingerprint density at radius 3 is 2.52 bits per heavy atom. The Morgan fingerprint density at radius 1 is 1.24 bits per heavy atom. The summed E-state index contributed by atoms with van der Waals surface area (Å²) in [5.74, 6) is 0. The van der Waals surface area contributed by atoms with Gasteiger partial charge in [-0.1, -0.05) is 20.8 Å². The lowest BCUT2D eigenvalue weighted by atomic mass is 10.2. The Bertz CT molecular complexity index is 453. The zero-order valence-corrected chi connectivity index (χ0v) is 15.5. The molecule has 1 aromatic rings. The molecule has 1 aliphatic heterocycles. The molecule has 2 rings (SSSR count). The topological polar surface area (TPSA) is 24.3 Å². The van der Waals surface area contributed by atoms with Crippen molar-refractivity contribution in [2.45, 2.75) is 59.7 Å². The molecule has 0 saturated carbocycles. The van der Waals surface area contributed by atoms with Crippen LogP contribution in [0.5, 0.6) is 0 Å². The number of hydrogen-bond donors (Lipinski definition) is 0. The van der Waals surface area contributed by atoms with Gasteiger partial charge >= 0.3 is 0 Å². The molecule has 2 heterocycles. The van der Waals surface area contributed by atoms with Crippen LogP contribution in [0.15, 0.2) is 4.47 Å². The first-order valence-electron chi connectivity index (χ1n) is 8.34. The molecule has 1 aromatic heterocycles. The van der Waals surface area contributed by atoms with E-state index < -0.39 is 0 Å². The van der Waals surface area contributed by atoms with Crippen molar-refractivity contribution >= 4 is 15.9 Å². The summed E-state index contributed by atoms with van der Waals surface area (Å²) >= 11 is 3.76. The summed E-state index contributed by atoms with van der Waals surface area (Å²) in [6, 6.07) is 0.724. The lowest BCUT2D eigenvalue weighted by Crippen LogP contribution is -2.37.